The van der Waals surface area contributed by atoms with Crippen molar-refractivity contribution in [2.24, 2.45) is 0 Å². The Morgan fingerprint density at radius 2 is 1.84 bits per heavy atom. The maximum atomic E-state index is 12.4. The Bertz CT molecular complexity index is 608. The van der Waals surface area contributed by atoms with Crippen molar-refractivity contribution in [1.29, 1.82) is 0 Å². The number of nitro benzene ring substituents is 1. The van der Waals surface area contributed by atoms with Gasteiger partial charge in [0, 0.05) is 38.2 Å². The first-order chi connectivity index (χ1) is 12.1. The van der Waals surface area contributed by atoms with Crippen LogP contribution in [0.3, 0.4) is 0 Å². The fraction of sp³-hybridized carbons (Fsp3) is 0.611. The van der Waals surface area contributed by atoms with Gasteiger partial charge in [0.2, 0.25) is 5.91 Å². The van der Waals surface area contributed by atoms with Crippen LogP contribution in [0.1, 0.15) is 32.1 Å². The number of carbonyl (C=O) groups is 1. The topological polar surface area (TPSA) is 78.7 Å². The highest BCUT2D eigenvalue weighted by atomic mass is 16.6. The van der Waals surface area contributed by atoms with Crippen molar-refractivity contribution in [2.45, 2.75) is 38.1 Å². The number of hydrogen-bond acceptors (Lipinski definition) is 5. The quantitative estimate of drug-likeness (QED) is 0.632. The summed E-state index contributed by atoms with van der Waals surface area (Å²) in [4.78, 5) is 27.5. The summed E-state index contributed by atoms with van der Waals surface area (Å²) < 4.78 is 0. The van der Waals surface area contributed by atoms with Gasteiger partial charge in [0.1, 0.15) is 5.69 Å². The number of benzene rings is 1. The van der Waals surface area contributed by atoms with Gasteiger partial charge in [-0.3, -0.25) is 14.9 Å². The van der Waals surface area contributed by atoms with Crippen LogP contribution in [0, 0.1) is 10.1 Å². The molecule has 7 heteroatoms. The minimum Gasteiger partial charge on any atom is -0.379 e. The molecule has 136 valence electrons. The van der Waals surface area contributed by atoms with E-state index in [2.05, 4.69) is 10.2 Å². The van der Waals surface area contributed by atoms with Gasteiger partial charge in [-0.15, -0.1) is 0 Å². The molecular weight excluding hydrogens is 320 g/mol. The Kier molecular flexibility index (Phi) is 5.86. The van der Waals surface area contributed by atoms with Gasteiger partial charge < -0.3 is 15.1 Å². The first-order valence-electron chi connectivity index (χ1n) is 9.14. The van der Waals surface area contributed by atoms with E-state index in [4.69, 9.17) is 0 Å². The Morgan fingerprint density at radius 1 is 1.16 bits per heavy atom. The highest BCUT2D eigenvalue weighted by Gasteiger charge is 2.28. The van der Waals surface area contributed by atoms with Crippen LogP contribution in [0.4, 0.5) is 11.4 Å². The number of likely N-dealkylation sites (tertiary alicyclic amines) is 2. The molecule has 1 aromatic rings. The van der Waals surface area contributed by atoms with E-state index in [1.54, 1.807) is 18.2 Å². The summed E-state index contributed by atoms with van der Waals surface area (Å²) >= 11 is 0. The van der Waals surface area contributed by atoms with Crippen molar-refractivity contribution in [2.75, 3.05) is 38.0 Å². The summed E-state index contributed by atoms with van der Waals surface area (Å²) in [6, 6.07) is 7.16. The molecule has 3 rings (SSSR count). The normalized spacial score (nSPS) is 19.1. The number of amides is 1. The minimum atomic E-state index is -0.409. The fourth-order valence-electron chi connectivity index (χ4n) is 3.83. The molecule has 1 N–H and O–H groups in total. The molecule has 0 saturated carbocycles. The molecule has 2 fully saturated rings. The SMILES string of the molecule is O=C(CCNc1ccccc1[N+](=O)[O-])N1CCC(N2CCCC2)CC1. The van der Waals surface area contributed by atoms with Gasteiger partial charge >= 0.3 is 0 Å². The van der Waals surface area contributed by atoms with Crippen molar-refractivity contribution in [3.63, 3.8) is 0 Å². The monoisotopic (exact) mass is 346 g/mol. The minimum absolute atomic E-state index is 0.0429. The van der Waals surface area contributed by atoms with Crippen molar-refractivity contribution in [3.8, 4) is 0 Å². The van der Waals surface area contributed by atoms with E-state index in [9.17, 15) is 14.9 Å². The van der Waals surface area contributed by atoms with Gasteiger partial charge in [0.05, 0.1) is 4.92 Å². The first kappa shape index (κ1) is 17.7. The van der Waals surface area contributed by atoms with Crippen molar-refractivity contribution >= 4 is 17.3 Å². The molecule has 2 aliphatic rings. The summed E-state index contributed by atoms with van der Waals surface area (Å²) in [7, 11) is 0. The van der Waals surface area contributed by atoms with E-state index in [1.165, 1.54) is 32.0 Å². The predicted molar refractivity (Wildman–Crippen MR) is 96.6 cm³/mol. The maximum Gasteiger partial charge on any atom is 0.292 e. The van der Waals surface area contributed by atoms with Crippen LogP contribution < -0.4 is 5.32 Å². The Labute approximate surface area is 148 Å². The first-order valence-corrected chi connectivity index (χ1v) is 9.14. The van der Waals surface area contributed by atoms with Gasteiger partial charge in [-0.25, -0.2) is 0 Å². The summed E-state index contributed by atoms with van der Waals surface area (Å²) in [5.74, 6) is 0.131. The average Bonchev–Trinajstić information content (AvgIpc) is 3.17. The summed E-state index contributed by atoms with van der Waals surface area (Å²) in [5, 5.41) is 14.0. The highest BCUT2D eigenvalue weighted by Crippen LogP contribution is 2.24. The standard InChI is InChI=1S/C18H26N4O3/c23-18(7-10-19-16-5-1-2-6-17(16)22(24)25)21-13-8-15(9-14-21)20-11-3-4-12-20/h1-2,5-6,15,19H,3-4,7-14H2. The van der Waals surface area contributed by atoms with Gasteiger partial charge in [0.25, 0.3) is 5.69 Å². The number of nitro groups is 1. The molecule has 0 bridgehead atoms. The van der Waals surface area contributed by atoms with E-state index in [0.717, 1.165) is 25.9 Å². The average molecular weight is 346 g/mol. The third kappa shape index (κ3) is 4.48. The lowest BCUT2D eigenvalue weighted by molar-refractivity contribution is -0.384. The van der Waals surface area contributed by atoms with Crippen LogP contribution in [0.25, 0.3) is 0 Å². The van der Waals surface area contributed by atoms with Crippen molar-refractivity contribution in [1.82, 2.24) is 9.80 Å². The Balaban J connectivity index is 1.42. The molecule has 0 unspecified atom stereocenters. The van der Waals surface area contributed by atoms with Gasteiger partial charge in [-0.1, -0.05) is 12.1 Å². The van der Waals surface area contributed by atoms with Crippen molar-refractivity contribution < 1.29 is 9.72 Å². The molecule has 0 aliphatic carbocycles. The Hall–Kier alpha value is -2.15. The van der Waals surface area contributed by atoms with Crippen LogP contribution in [0.15, 0.2) is 24.3 Å². The number of piperidine rings is 1. The zero-order valence-electron chi connectivity index (χ0n) is 14.5. The van der Waals surface area contributed by atoms with Crippen LogP contribution in [0.2, 0.25) is 0 Å². The molecule has 2 saturated heterocycles. The number of anilines is 1. The number of nitrogens with one attached hydrogen (secondary N) is 1. The van der Waals surface area contributed by atoms with Gasteiger partial charge in [0.15, 0.2) is 0 Å². The predicted octanol–water partition coefficient (Wildman–Crippen LogP) is 2.48. The van der Waals surface area contributed by atoms with Crippen molar-refractivity contribution in [3.05, 3.63) is 34.4 Å². The molecule has 25 heavy (non-hydrogen) atoms. The van der Waals surface area contributed by atoms with Crippen LogP contribution in [0.5, 0.6) is 0 Å². The van der Waals surface area contributed by atoms with Crippen LogP contribution in [-0.4, -0.2) is 59.4 Å². The van der Waals surface area contributed by atoms with Crippen LogP contribution >= 0.6 is 0 Å². The lowest BCUT2D eigenvalue weighted by Gasteiger charge is -2.36. The molecule has 0 radical (unpaired) electrons. The van der Waals surface area contributed by atoms with E-state index < -0.39 is 4.92 Å². The molecule has 2 aliphatic heterocycles. The summed E-state index contributed by atoms with van der Waals surface area (Å²) in [6.07, 6.45) is 5.08. The molecule has 2 heterocycles. The number of rotatable bonds is 6. The van der Waals surface area contributed by atoms with E-state index in [0.29, 0.717) is 24.7 Å². The number of nitrogens with zero attached hydrogens (tertiary/aromatic N) is 3. The second-order valence-corrected chi connectivity index (χ2v) is 6.81. The highest BCUT2D eigenvalue weighted by molar-refractivity contribution is 5.77. The Morgan fingerprint density at radius 3 is 2.52 bits per heavy atom. The van der Waals surface area contributed by atoms with Gasteiger partial charge in [-0.2, -0.15) is 0 Å². The molecule has 1 amide bonds. The second-order valence-electron chi connectivity index (χ2n) is 6.81. The molecular formula is C18H26N4O3. The number of carbonyl (C=O) groups excluding carboxylic acids is 1. The lowest BCUT2D eigenvalue weighted by Crippen LogP contribution is -2.46. The largest absolute Gasteiger partial charge is 0.379 e. The smallest absolute Gasteiger partial charge is 0.292 e. The molecule has 0 aromatic heterocycles. The van der Waals surface area contributed by atoms with E-state index in [-0.39, 0.29) is 11.6 Å². The zero-order valence-corrected chi connectivity index (χ0v) is 14.5. The summed E-state index contributed by atoms with van der Waals surface area (Å²) in [6.45, 7) is 4.48. The lowest BCUT2D eigenvalue weighted by atomic mass is 10.0. The van der Waals surface area contributed by atoms with E-state index in [1.807, 2.05) is 4.90 Å². The third-order valence-electron chi connectivity index (χ3n) is 5.23. The maximum absolute atomic E-state index is 12.4. The number of hydrogen-bond donors (Lipinski definition) is 1. The van der Waals surface area contributed by atoms with Gasteiger partial charge in [-0.05, 0) is 44.8 Å². The van der Waals surface area contributed by atoms with E-state index >= 15 is 0 Å². The molecule has 7 nitrogen and oxygen atoms in total. The molecule has 0 spiro atoms. The fourth-order valence-corrected chi connectivity index (χ4v) is 3.83. The third-order valence-corrected chi connectivity index (χ3v) is 5.23. The zero-order chi connectivity index (χ0) is 17.6. The second kappa shape index (κ2) is 8.29. The molecule has 0 atom stereocenters. The summed E-state index contributed by atoms with van der Waals surface area (Å²) in [5.41, 5.74) is 0.509. The molecule has 1 aromatic carbocycles. The number of para-hydroxylation sites is 2. The van der Waals surface area contributed by atoms with Crippen LogP contribution in [-0.2, 0) is 4.79 Å².